The predicted octanol–water partition coefficient (Wildman–Crippen LogP) is 3.37. The third kappa shape index (κ3) is 6.64. The number of anilines is 1. The number of carbonyl (C=O) groups excluding carboxylic acids is 2. The number of hydrogen-bond donors (Lipinski definition) is 2. The Balaban J connectivity index is 1.45. The van der Waals surface area contributed by atoms with Crippen LogP contribution in [0.15, 0.2) is 64.0 Å². The predicted molar refractivity (Wildman–Crippen MR) is 117 cm³/mol. The molecule has 0 spiro atoms. The Morgan fingerprint density at radius 3 is 2.44 bits per heavy atom. The molecule has 1 aromatic heterocycles. The van der Waals surface area contributed by atoms with Crippen LogP contribution in [0.3, 0.4) is 0 Å². The summed E-state index contributed by atoms with van der Waals surface area (Å²) in [7, 11) is -3.81. The Morgan fingerprint density at radius 1 is 1.09 bits per heavy atom. The number of benzene rings is 2. The Hall–Kier alpha value is -3.21. The van der Waals surface area contributed by atoms with Crippen molar-refractivity contribution in [1.29, 1.82) is 0 Å². The second-order valence-electron chi connectivity index (χ2n) is 6.64. The lowest BCUT2D eigenvalue weighted by molar-refractivity contribution is -0.145. The number of nitrogens with one attached hydrogen (secondary N) is 2. The van der Waals surface area contributed by atoms with Crippen LogP contribution in [0.25, 0.3) is 11.3 Å². The molecule has 3 rings (SSSR count). The fraction of sp³-hybridized carbons (Fsp3) is 0.190. The molecule has 11 heteroatoms. The number of hydrogen-bond acceptors (Lipinski definition) is 7. The van der Waals surface area contributed by atoms with E-state index in [1.54, 1.807) is 24.3 Å². The van der Waals surface area contributed by atoms with E-state index < -0.39 is 16.0 Å². The van der Waals surface area contributed by atoms with Crippen molar-refractivity contribution in [2.45, 2.75) is 24.8 Å². The molecule has 1 amide bonds. The Kier molecular flexibility index (Phi) is 7.62. The maximum Gasteiger partial charge on any atom is 0.307 e. The van der Waals surface area contributed by atoms with Crippen molar-refractivity contribution in [3.05, 3.63) is 65.6 Å². The summed E-state index contributed by atoms with van der Waals surface area (Å²) >= 11 is 5.86. The lowest BCUT2D eigenvalue weighted by Crippen LogP contribution is -2.26. The standard InChI is InChI=1S/C21H20ClN3O6S/c1-14(26)25-17-6-8-18(9-7-17)32(28,29)24-11-10-21(27)30-13-20-23-12-19(31-20)15-2-4-16(22)5-3-15/h2-9,12,24H,10-11,13H2,1H3,(H,25,26). The minimum atomic E-state index is -3.81. The number of amides is 1. The van der Waals surface area contributed by atoms with Crippen LogP contribution in [0.4, 0.5) is 5.69 Å². The van der Waals surface area contributed by atoms with Crippen molar-refractivity contribution in [1.82, 2.24) is 9.71 Å². The van der Waals surface area contributed by atoms with Crippen LogP contribution in [0.2, 0.25) is 5.02 Å². The van der Waals surface area contributed by atoms with Gasteiger partial charge in [-0.2, -0.15) is 0 Å². The molecule has 0 saturated carbocycles. The summed E-state index contributed by atoms with van der Waals surface area (Å²) in [5, 5.41) is 3.15. The van der Waals surface area contributed by atoms with E-state index in [1.807, 2.05) is 0 Å². The van der Waals surface area contributed by atoms with Crippen LogP contribution in [0, 0.1) is 0 Å². The van der Waals surface area contributed by atoms with Crippen LogP contribution < -0.4 is 10.0 Å². The number of rotatable bonds is 9. The zero-order chi connectivity index (χ0) is 23.1. The van der Waals surface area contributed by atoms with Crippen molar-refractivity contribution < 1.29 is 27.2 Å². The Labute approximate surface area is 189 Å². The van der Waals surface area contributed by atoms with Gasteiger partial charge >= 0.3 is 5.97 Å². The largest absolute Gasteiger partial charge is 0.456 e. The highest BCUT2D eigenvalue weighted by molar-refractivity contribution is 7.89. The van der Waals surface area contributed by atoms with E-state index in [0.717, 1.165) is 5.56 Å². The van der Waals surface area contributed by atoms with Crippen LogP contribution in [0.5, 0.6) is 0 Å². The van der Waals surface area contributed by atoms with Crippen molar-refractivity contribution >= 4 is 39.2 Å². The van der Waals surface area contributed by atoms with Crippen molar-refractivity contribution in [2.24, 2.45) is 0 Å². The van der Waals surface area contributed by atoms with Gasteiger partial charge in [0.2, 0.25) is 21.8 Å². The maximum absolute atomic E-state index is 12.3. The zero-order valence-electron chi connectivity index (χ0n) is 17.0. The molecule has 3 aromatic rings. The van der Waals surface area contributed by atoms with Gasteiger partial charge in [-0.25, -0.2) is 18.1 Å². The molecule has 2 aromatic carbocycles. The average molecular weight is 478 g/mol. The van der Waals surface area contributed by atoms with Gasteiger partial charge in [0, 0.05) is 29.7 Å². The van der Waals surface area contributed by atoms with Gasteiger partial charge in [-0.3, -0.25) is 9.59 Å². The summed E-state index contributed by atoms with van der Waals surface area (Å²) in [6.07, 6.45) is 1.34. The third-order valence-electron chi connectivity index (χ3n) is 4.15. The van der Waals surface area contributed by atoms with Gasteiger partial charge in [0.15, 0.2) is 12.4 Å². The van der Waals surface area contributed by atoms with Gasteiger partial charge in [0.05, 0.1) is 17.5 Å². The van der Waals surface area contributed by atoms with E-state index in [9.17, 15) is 18.0 Å². The molecule has 1 heterocycles. The maximum atomic E-state index is 12.3. The smallest absolute Gasteiger partial charge is 0.307 e. The first kappa shape index (κ1) is 23.5. The van der Waals surface area contributed by atoms with Crippen molar-refractivity contribution in [3.8, 4) is 11.3 Å². The normalized spacial score (nSPS) is 11.2. The molecular weight excluding hydrogens is 458 g/mol. The summed E-state index contributed by atoms with van der Waals surface area (Å²) in [6.45, 7) is 1.03. The average Bonchev–Trinajstić information content (AvgIpc) is 3.22. The molecular formula is C21H20ClN3O6S. The van der Waals surface area contributed by atoms with E-state index in [4.69, 9.17) is 20.8 Å². The highest BCUT2D eigenvalue weighted by Crippen LogP contribution is 2.22. The van der Waals surface area contributed by atoms with Gasteiger partial charge in [0.25, 0.3) is 0 Å². The summed E-state index contributed by atoms with van der Waals surface area (Å²) in [6, 6.07) is 12.6. The zero-order valence-corrected chi connectivity index (χ0v) is 18.6. The molecule has 0 atom stereocenters. The SMILES string of the molecule is CC(=O)Nc1ccc(S(=O)(=O)NCCC(=O)OCc2ncc(-c3ccc(Cl)cc3)o2)cc1. The third-order valence-corrected chi connectivity index (χ3v) is 5.87. The minimum absolute atomic E-state index is 0.00878. The molecule has 2 N–H and O–H groups in total. The topological polar surface area (TPSA) is 128 Å². The van der Waals surface area contributed by atoms with Crippen molar-refractivity contribution in [2.75, 3.05) is 11.9 Å². The lowest BCUT2D eigenvalue weighted by Gasteiger charge is -2.08. The number of aromatic nitrogens is 1. The molecule has 32 heavy (non-hydrogen) atoms. The molecule has 0 saturated heterocycles. The Morgan fingerprint density at radius 2 is 1.78 bits per heavy atom. The molecule has 0 fully saturated rings. The van der Waals surface area contributed by atoms with Crippen LogP contribution >= 0.6 is 11.6 Å². The first-order valence-corrected chi connectivity index (χ1v) is 11.3. The van der Waals surface area contributed by atoms with Gasteiger partial charge < -0.3 is 14.5 Å². The Bertz CT molecular complexity index is 1190. The number of oxazole rings is 1. The molecule has 0 aliphatic carbocycles. The highest BCUT2D eigenvalue weighted by Gasteiger charge is 2.15. The fourth-order valence-electron chi connectivity index (χ4n) is 2.63. The number of ether oxygens (including phenoxy) is 1. The van der Waals surface area contributed by atoms with Gasteiger partial charge in [0.1, 0.15) is 0 Å². The van der Waals surface area contributed by atoms with Gasteiger partial charge in [-0.1, -0.05) is 11.6 Å². The quantitative estimate of drug-likeness (QED) is 0.452. The van der Waals surface area contributed by atoms with Gasteiger partial charge in [-0.05, 0) is 48.5 Å². The summed E-state index contributed by atoms with van der Waals surface area (Å²) in [5.74, 6) is -0.156. The summed E-state index contributed by atoms with van der Waals surface area (Å²) in [4.78, 5) is 27.0. The first-order chi connectivity index (χ1) is 15.2. The molecule has 168 valence electrons. The van der Waals surface area contributed by atoms with Crippen LogP contribution in [0.1, 0.15) is 19.2 Å². The van der Waals surface area contributed by atoms with Crippen LogP contribution in [-0.2, 0) is 31.0 Å². The number of nitrogens with zero attached hydrogens (tertiary/aromatic N) is 1. The number of esters is 1. The second-order valence-corrected chi connectivity index (χ2v) is 8.84. The number of carbonyl (C=O) groups is 2. The highest BCUT2D eigenvalue weighted by atomic mass is 35.5. The molecule has 0 radical (unpaired) electrons. The van der Waals surface area contributed by atoms with E-state index in [1.165, 1.54) is 37.4 Å². The second kappa shape index (κ2) is 10.4. The molecule has 0 bridgehead atoms. The van der Waals surface area contributed by atoms with E-state index >= 15 is 0 Å². The summed E-state index contributed by atoms with van der Waals surface area (Å²) in [5.41, 5.74) is 1.25. The number of halogens is 1. The lowest BCUT2D eigenvalue weighted by atomic mass is 10.2. The van der Waals surface area contributed by atoms with Crippen LogP contribution in [-0.4, -0.2) is 31.8 Å². The van der Waals surface area contributed by atoms with Gasteiger partial charge in [-0.15, -0.1) is 0 Å². The number of sulfonamides is 1. The van der Waals surface area contributed by atoms with E-state index in [2.05, 4.69) is 15.0 Å². The monoisotopic (exact) mass is 477 g/mol. The minimum Gasteiger partial charge on any atom is -0.456 e. The van der Waals surface area contributed by atoms with Crippen molar-refractivity contribution in [3.63, 3.8) is 0 Å². The van der Waals surface area contributed by atoms with E-state index in [-0.39, 0.29) is 36.3 Å². The molecule has 9 nitrogen and oxygen atoms in total. The molecule has 0 aliphatic heterocycles. The van der Waals surface area contributed by atoms with E-state index in [0.29, 0.717) is 16.5 Å². The summed E-state index contributed by atoms with van der Waals surface area (Å²) < 4.78 is 37.6. The molecule has 0 aliphatic rings. The molecule has 0 unspecified atom stereocenters. The fourth-order valence-corrected chi connectivity index (χ4v) is 3.79. The first-order valence-electron chi connectivity index (χ1n) is 9.46.